The van der Waals surface area contributed by atoms with Crippen LogP contribution >= 0.6 is 0 Å². The van der Waals surface area contributed by atoms with Crippen LogP contribution < -0.4 is 15.9 Å². The number of pyridine rings is 1. The van der Waals surface area contributed by atoms with Gasteiger partial charge in [0.05, 0.1) is 6.61 Å². The molecule has 1 aromatic rings. The van der Waals surface area contributed by atoms with Crippen molar-refractivity contribution < 1.29 is 13.5 Å². The van der Waals surface area contributed by atoms with Crippen LogP contribution in [0.2, 0.25) is 0 Å². The summed E-state index contributed by atoms with van der Waals surface area (Å²) in [4.78, 5) is 3.69. The topological polar surface area (TPSA) is 105 Å². The minimum Gasteiger partial charge on any atom is -0.395 e. The molecule has 0 amide bonds. The van der Waals surface area contributed by atoms with Gasteiger partial charge in [0.1, 0.15) is 18.6 Å². The van der Waals surface area contributed by atoms with Gasteiger partial charge in [0.2, 0.25) is 10.0 Å². The van der Waals surface area contributed by atoms with Gasteiger partial charge in [-0.1, -0.05) is 5.46 Å². The Kier molecular flexibility index (Phi) is 3.67. The van der Waals surface area contributed by atoms with E-state index in [0.29, 0.717) is 5.46 Å². The first-order valence-electron chi connectivity index (χ1n) is 4.30. The summed E-state index contributed by atoms with van der Waals surface area (Å²) in [5, 5.41) is 8.53. The number of hydrogen-bond acceptors (Lipinski definition) is 5. The normalized spacial score (nSPS) is 11.5. The van der Waals surface area contributed by atoms with Crippen LogP contribution in [0.1, 0.15) is 0 Å². The lowest BCUT2D eigenvalue weighted by atomic mass is 9.99. The molecule has 0 aliphatic carbocycles. The van der Waals surface area contributed by atoms with Crippen molar-refractivity contribution in [3.05, 3.63) is 12.3 Å². The lowest BCUT2D eigenvalue weighted by molar-refractivity contribution is 0.301. The fourth-order valence-electron chi connectivity index (χ4n) is 1.03. The molecule has 8 heteroatoms. The number of rotatable bonds is 4. The van der Waals surface area contributed by atoms with Crippen molar-refractivity contribution in [2.75, 3.05) is 18.9 Å². The number of nitrogens with zero attached hydrogens (tertiary/aromatic N) is 1. The molecule has 82 valence electrons. The molecule has 0 radical (unpaired) electrons. The molecule has 0 saturated heterocycles. The molecular weight excluding hydrogens is 217 g/mol. The van der Waals surface area contributed by atoms with E-state index in [0.717, 1.165) is 0 Å². The lowest BCUT2D eigenvalue weighted by Crippen LogP contribution is -2.28. The highest BCUT2D eigenvalue weighted by Crippen LogP contribution is 2.12. The van der Waals surface area contributed by atoms with Gasteiger partial charge in [-0.15, -0.1) is 0 Å². The van der Waals surface area contributed by atoms with Crippen LogP contribution in [-0.4, -0.2) is 39.5 Å². The Bertz CT molecular complexity index is 449. The molecule has 0 spiro atoms. The van der Waals surface area contributed by atoms with Crippen LogP contribution in [0.3, 0.4) is 0 Å². The molecule has 15 heavy (non-hydrogen) atoms. The predicted molar refractivity (Wildman–Crippen MR) is 59.1 cm³/mol. The van der Waals surface area contributed by atoms with Crippen molar-refractivity contribution >= 4 is 29.2 Å². The van der Waals surface area contributed by atoms with Crippen LogP contribution in [0.25, 0.3) is 0 Å². The highest BCUT2D eigenvalue weighted by Gasteiger charge is 2.17. The number of aliphatic hydroxyl groups is 1. The summed E-state index contributed by atoms with van der Waals surface area (Å²) >= 11 is 0. The summed E-state index contributed by atoms with van der Waals surface area (Å²) in [6, 6.07) is 1.43. The number of aliphatic hydroxyl groups excluding tert-OH is 1. The van der Waals surface area contributed by atoms with E-state index in [9.17, 15) is 8.42 Å². The molecule has 0 aliphatic heterocycles. The van der Waals surface area contributed by atoms with Crippen LogP contribution in [0, 0.1) is 0 Å². The standard InChI is InChI=1S/C7H12BN3O3S/c8-5-3-6(7(9)10-4-5)15(13,14)11-1-2-12/h3-4,11-12H,1-2,8H2,(H2,9,10). The second kappa shape index (κ2) is 4.60. The Balaban J connectivity index is 3.09. The zero-order valence-electron chi connectivity index (χ0n) is 8.27. The number of nitrogen functional groups attached to an aromatic ring is 1. The lowest BCUT2D eigenvalue weighted by Gasteiger charge is -2.07. The maximum atomic E-state index is 11.6. The van der Waals surface area contributed by atoms with Crippen molar-refractivity contribution in [3.8, 4) is 0 Å². The minimum absolute atomic E-state index is 0.0459. The molecule has 0 bridgehead atoms. The molecule has 1 heterocycles. The van der Waals surface area contributed by atoms with E-state index in [1.807, 2.05) is 0 Å². The molecule has 0 fully saturated rings. The fraction of sp³-hybridized carbons (Fsp3) is 0.286. The third kappa shape index (κ3) is 2.91. The van der Waals surface area contributed by atoms with Crippen molar-refractivity contribution in [1.29, 1.82) is 0 Å². The van der Waals surface area contributed by atoms with E-state index in [-0.39, 0.29) is 23.9 Å². The molecule has 1 rings (SSSR count). The Labute approximate surface area is 89.0 Å². The first-order chi connectivity index (χ1) is 6.97. The van der Waals surface area contributed by atoms with Crippen LogP contribution in [0.15, 0.2) is 17.2 Å². The third-order valence-electron chi connectivity index (χ3n) is 1.71. The molecule has 6 nitrogen and oxygen atoms in total. The number of hydrogen-bond donors (Lipinski definition) is 3. The number of anilines is 1. The summed E-state index contributed by atoms with van der Waals surface area (Å²) in [6.07, 6.45) is 1.49. The Morgan fingerprint density at radius 1 is 1.60 bits per heavy atom. The van der Waals surface area contributed by atoms with Crippen molar-refractivity contribution in [2.45, 2.75) is 4.90 Å². The average molecular weight is 229 g/mol. The van der Waals surface area contributed by atoms with Gasteiger partial charge in [-0.2, -0.15) is 0 Å². The van der Waals surface area contributed by atoms with Gasteiger partial charge in [-0.3, -0.25) is 0 Å². The first kappa shape index (κ1) is 12.0. The highest BCUT2D eigenvalue weighted by molar-refractivity contribution is 7.89. The van der Waals surface area contributed by atoms with E-state index < -0.39 is 10.0 Å². The molecule has 0 aliphatic rings. The number of sulfonamides is 1. The molecule has 0 aromatic carbocycles. The van der Waals surface area contributed by atoms with Gasteiger partial charge in [0, 0.05) is 12.7 Å². The van der Waals surface area contributed by atoms with Crippen LogP contribution in [0.5, 0.6) is 0 Å². The molecule has 0 unspecified atom stereocenters. The Hall–Kier alpha value is -1.12. The molecule has 0 saturated carbocycles. The molecular formula is C7H12BN3O3S. The first-order valence-corrected chi connectivity index (χ1v) is 5.78. The monoisotopic (exact) mass is 229 g/mol. The number of aromatic nitrogens is 1. The fourth-order valence-corrected chi connectivity index (χ4v) is 2.21. The highest BCUT2D eigenvalue weighted by atomic mass is 32.2. The number of nitrogens with one attached hydrogen (secondary N) is 1. The summed E-state index contributed by atoms with van der Waals surface area (Å²) in [6.45, 7) is -0.311. The summed E-state index contributed by atoms with van der Waals surface area (Å²) in [7, 11) is -1.95. The minimum atomic E-state index is -3.67. The van der Waals surface area contributed by atoms with Gasteiger partial charge >= 0.3 is 0 Å². The van der Waals surface area contributed by atoms with Gasteiger partial charge < -0.3 is 10.8 Å². The van der Waals surface area contributed by atoms with E-state index in [1.54, 1.807) is 7.85 Å². The maximum Gasteiger partial charge on any atom is 0.244 e. The summed E-state index contributed by atoms with van der Waals surface area (Å²) < 4.78 is 25.4. The van der Waals surface area contributed by atoms with E-state index >= 15 is 0 Å². The Morgan fingerprint density at radius 3 is 2.87 bits per heavy atom. The van der Waals surface area contributed by atoms with E-state index in [1.165, 1.54) is 12.3 Å². The van der Waals surface area contributed by atoms with E-state index in [2.05, 4.69) is 9.71 Å². The summed E-state index contributed by atoms with van der Waals surface area (Å²) in [5.74, 6) is -0.0500. The second-order valence-corrected chi connectivity index (χ2v) is 4.75. The molecule has 1 aromatic heterocycles. The Morgan fingerprint density at radius 2 is 2.27 bits per heavy atom. The average Bonchev–Trinajstić information content (AvgIpc) is 2.18. The van der Waals surface area contributed by atoms with Crippen molar-refractivity contribution in [3.63, 3.8) is 0 Å². The van der Waals surface area contributed by atoms with Gasteiger partial charge in [-0.05, 0) is 6.07 Å². The van der Waals surface area contributed by atoms with Crippen molar-refractivity contribution in [1.82, 2.24) is 9.71 Å². The zero-order chi connectivity index (χ0) is 11.5. The smallest absolute Gasteiger partial charge is 0.244 e. The zero-order valence-corrected chi connectivity index (χ0v) is 9.08. The quantitative estimate of drug-likeness (QED) is 0.483. The number of nitrogens with two attached hydrogens (primary N) is 1. The van der Waals surface area contributed by atoms with Gasteiger partial charge in [0.15, 0.2) is 0 Å². The molecule has 4 N–H and O–H groups in total. The third-order valence-corrected chi connectivity index (χ3v) is 3.20. The molecule has 0 atom stereocenters. The SMILES string of the molecule is Bc1cnc(N)c(S(=O)(=O)NCCO)c1. The van der Waals surface area contributed by atoms with Crippen LogP contribution in [0.4, 0.5) is 5.82 Å². The van der Waals surface area contributed by atoms with Gasteiger partial charge in [-0.25, -0.2) is 18.1 Å². The predicted octanol–water partition coefficient (Wildman–Crippen LogP) is -2.81. The van der Waals surface area contributed by atoms with Crippen molar-refractivity contribution in [2.24, 2.45) is 0 Å². The van der Waals surface area contributed by atoms with Crippen LogP contribution in [-0.2, 0) is 10.0 Å². The second-order valence-electron chi connectivity index (χ2n) is 3.02. The van der Waals surface area contributed by atoms with E-state index in [4.69, 9.17) is 10.8 Å². The van der Waals surface area contributed by atoms with Gasteiger partial charge in [0.25, 0.3) is 0 Å². The largest absolute Gasteiger partial charge is 0.395 e. The summed E-state index contributed by atoms with van der Waals surface area (Å²) in [5.41, 5.74) is 6.16. The maximum absolute atomic E-state index is 11.6.